The second-order valence-electron chi connectivity index (χ2n) is 14.2. The summed E-state index contributed by atoms with van der Waals surface area (Å²) in [5, 5.41) is 11.1. The molecule has 3 heterocycles. The van der Waals surface area contributed by atoms with Crippen molar-refractivity contribution in [2.45, 2.75) is 61.4 Å². The minimum absolute atomic E-state index is 0.235. The van der Waals surface area contributed by atoms with Crippen LogP contribution in [-0.4, -0.2) is 79.5 Å². The second kappa shape index (κ2) is 11.8. The number of hydrogen-bond acceptors (Lipinski definition) is 7. The summed E-state index contributed by atoms with van der Waals surface area (Å²) in [7, 11) is 3.78. The van der Waals surface area contributed by atoms with Crippen LogP contribution in [0.25, 0.3) is 0 Å². The van der Waals surface area contributed by atoms with E-state index < -0.39 is 23.8 Å². The summed E-state index contributed by atoms with van der Waals surface area (Å²) in [5.74, 6) is 1.15. The van der Waals surface area contributed by atoms with Crippen LogP contribution in [0.5, 0.6) is 17.2 Å². The molecule has 2 saturated heterocycles. The van der Waals surface area contributed by atoms with E-state index >= 15 is 4.39 Å². The van der Waals surface area contributed by atoms with Crippen LogP contribution in [0.3, 0.4) is 0 Å². The van der Waals surface area contributed by atoms with E-state index in [1.165, 1.54) is 5.56 Å². The maximum Gasteiger partial charge on any atom is 0.316 e. The number of alkyl halides is 1. The Morgan fingerprint density at radius 2 is 1.85 bits per heavy atom. The number of benzene rings is 3. The van der Waals surface area contributed by atoms with Crippen molar-refractivity contribution in [3.63, 3.8) is 0 Å². The van der Waals surface area contributed by atoms with Crippen LogP contribution in [0.15, 0.2) is 78.9 Å². The molecule has 3 aromatic carbocycles. The summed E-state index contributed by atoms with van der Waals surface area (Å²) < 4.78 is 34.4. The average molecular weight is 639 g/mol. The Labute approximate surface area is 275 Å². The van der Waals surface area contributed by atoms with Crippen molar-refractivity contribution in [3.8, 4) is 17.2 Å². The van der Waals surface area contributed by atoms with Crippen LogP contribution < -0.4 is 14.2 Å². The average Bonchev–Trinajstić information content (AvgIpc) is 3.45. The molecule has 0 radical (unpaired) electrons. The van der Waals surface area contributed by atoms with Crippen molar-refractivity contribution in [1.82, 2.24) is 9.80 Å². The molecule has 2 bridgehead atoms. The van der Waals surface area contributed by atoms with E-state index in [0.717, 1.165) is 30.5 Å². The summed E-state index contributed by atoms with van der Waals surface area (Å²) in [4.78, 5) is 18.8. The third-order valence-corrected chi connectivity index (χ3v) is 11.7. The first-order valence-electron chi connectivity index (χ1n) is 17.0. The summed E-state index contributed by atoms with van der Waals surface area (Å²) in [5.41, 5.74) is 2.27. The predicted molar refractivity (Wildman–Crippen MR) is 177 cm³/mol. The number of halogens is 1. The smallest absolute Gasteiger partial charge is 0.316 e. The second-order valence-corrected chi connectivity index (χ2v) is 14.2. The van der Waals surface area contributed by atoms with Crippen molar-refractivity contribution in [1.29, 1.82) is 0 Å². The number of esters is 1. The van der Waals surface area contributed by atoms with Gasteiger partial charge >= 0.3 is 5.97 Å². The van der Waals surface area contributed by atoms with Gasteiger partial charge in [0.25, 0.3) is 0 Å². The van der Waals surface area contributed by atoms with Gasteiger partial charge in [-0.05, 0) is 80.6 Å². The fraction of sp³-hybridized carbons (Fsp3) is 0.462. The van der Waals surface area contributed by atoms with E-state index in [9.17, 15) is 9.90 Å². The number of nitrogens with zero attached hydrogens (tertiary/aromatic N) is 2. The maximum absolute atomic E-state index is 16.2. The van der Waals surface area contributed by atoms with E-state index in [-0.39, 0.29) is 17.3 Å². The van der Waals surface area contributed by atoms with Crippen LogP contribution >= 0.6 is 0 Å². The van der Waals surface area contributed by atoms with Gasteiger partial charge in [-0.1, -0.05) is 60.7 Å². The Kier molecular flexibility index (Phi) is 7.66. The van der Waals surface area contributed by atoms with E-state index in [2.05, 4.69) is 29.0 Å². The molecular formula is C39H43FN2O5. The Balaban J connectivity index is 1.04. The molecule has 1 N–H and O–H groups in total. The number of carbonyl (C=O) groups is 1. The van der Waals surface area contributed by atoms with Crippen LogP contribution in [0, 0.1) is 11.8 Å². The molecule has 3 aromatic rings. The van der Waals surface area contributed by atoms with Gasteiger partial charge in [0.2, 0.25) is 0 Å². The molecule has 2 aliphatic carbocycles. The van der Waals surface area contributed by atoms with Gasteiger partial charge < -0.3 is 29.1 Å². The van der Waals surface area contributed by atoms with Gasteiger partial charge in [0.15, 0.2) is 11.5 Å². The van der Waals surface area contributed by atoms with Gasteiger partial charge in [0.05, 0.1) is 13.0 Å². The van der Waals surface area contributed by atoms with Crippen molar-refractivity contribution in [3.05, 3.63) is 101 Å². The molecule has 6 atom stereocenters. The third-order valence-electron chi connectivity index (χ3n) is 11.7. The van der Waals surface area contributed by atoms with Gasteiger partial charge in [-0.15, -0.1) is 0 Å². The van der Waals surface area contributed by atoms with E-state index in [1.54, 1.807) is 13.2 Å². The number of hydrogen-bond donors (Lipinski definition) is 1. The molecule has 7 nitrogen and oxygen atoms in total. The number of aliphatic hydroxyl groups excluding tert-OH is 1. The van der Waals surface area contributed by atoms with Crippen LogP contribution in [0.4, 0.5) is 4.39 Å². The number of piperidine rings is 2. The first-order valence-corrected chi connectivity index (χ1v) is 17.0. The third kappa shape index (κ3) is 5.07. The normalized spacial score (nSPS) is 29.4. The number of aliphatic hydroxyl groups is 1. The summed E-state index contributed by atoms with van der Waals surface area (Å²) in [6, 6.07) is 21.6. The van der Waals surface area contributed by atoms with Gasteiger partial charge in [0, 0.05) is 42.6 Å². The molecule has 0 aromatic heterocycles. The molecule has 47 heavy (non-hydrogen) atoms. The minimum Gasteiger partial charge on any atom is -0.497 e. The zero-order chi connectivity index (χ0) is 32.3. The van der Waals surface area contributed by atoms with Crippen LogP contribution in [0.2, 0.25) is 0 Å². The molecule has 0 saturated carbocycles. The molecule has 0 amide bonds. The van der Waals surface area contributed by atoms with E-state index in [1.807, 2.05) is 60.7 Å². The molecular weight excluding hydrogens is 595 g/mol. The van der Waals surface area contributed by atoms with Gasteiger partial charge in [-0.3, -0.25) is 4.79 Å². The largest absolute Gasteiger partial charge is 0.497 e. The summed E-state index contributed by atoms with van der Waals surface area (Å²) in [6.45, 7) is 2.46. The lowest BCUT2D eigenvalue weighted by Gasteiger charge is -2.56. The number of likely N-dealkylation sites (tertiary alicyclic amines) is 2. The van der Waals surface area contributed by atoms with Crippen molar-refractivity contribution in [2.75, 3.05) is 40.3 Å². The van der Waals surface area contributed by atoms with Crippen molar-refractivity contribution in [2.24, 2.45) is 11.8 Å². The number of rotatable bonds is 8. The Bertz CT molecular complexity index is 1690. The Hall–Kier alpha value is -3.72. The predicted octanol–water partition coefficient (Wildman–Crippen LogP) is 5.23. The number of ether oxygens (including phenoxy) is 3. The highest BCUT2D eigenvalue weighted by Crippen LogP contribution is 2.62. The van der Waals surface area contributed by atoms with E-state index in [0.29, 0.717) is 67.8 Å². The lowest BCUT2D eigenvalue weighted by molar-refractivity contribution is -0.140. The molecule has 2 unspecified atom stereocenters. The van der Waals surface area contributed by atoms with Crippen molar-refractivity contribution < 1.29 is 28.5 Å². The molecule has 5 aliphatic rings. The zero-order valence-electron chi connectivity index (χ0n) is 27.1. The summed E-state index contributed by atoms with van der Waals surface area (Å²) >= 11 is 0. The number of likely N-dealkylation sites (N-methyl/N-ethyl adjacent to an activating group) is 1. The molecule has 246 valence electrons. The van der Waals surface area contributed by atoms with Crippen LogP contribution in [0.1, 0.15) is 41.5 Å². The molecule has 3 aliphatic heterocycles. The Morgan fingerprint density at radius 3 is 2.64 bits per heavy atom. The van der Waals surface area contributed by atoms with Gasteiger partial charge in [-0.25, -0.2) is 4.39 Å². The maximum atomic E-state index is 16.2. The number of carbonyl (C=O) groups excluding carboxylic acids is 1. The topological polar surface area (TPSA) is 71.5 Å². The molecule has 1 spiro atoms. The SMILES string of the molecule is COc1cccc(C2(F)CCN(CC(Cc3ccccc3)C(=O)Oc3ccc4c5c3OC3[C@@H](O)C=C[C@H]6[C@@H](C4)N(C)CC[C@]536)CC2)c1. The molecule has 2 fully saturated rings. The number of methoxy groups -OCH3 is 1. The zero-order valence-corrected chi connectivity index (χ0v) is 27.1. The lowest BCUT2D eigenvalue weighted by Crippen LogP contribution is -2.64. The standard InChI is InChI=1S/C39H43FN2O5/c1-41-18-17-39-30-12-13-32(43)36(39)47-35-33(14-11-26(34(35)39)22-31(30)41)46-37(44)27(21-25-7-4-3-5-8-25)24-42-19-15-38(40,16-20-42)28-9-6-10-29(23-28)45-2/h3-14,23,27,30-32,36,43H,15-22,24H2,1-2H3/t27?,30-,31+,32-,36?,39-/m0/s1. The summed E-state index contributed by atoms with van der Waals surface area (Å²) in [6.07, 6.45) is 5.93. The highest BCUT2D eigenvalue weighted by atomic mass is 19.1. The van der Waals surface area contributed by atoms with Gasteiger partial charge in [-0.2, -0.15) is 0 Å². The quantitative estimate of drug-likeness (QED) is 0.206. The minimum atomic E-state index is -1.44. The van der Waals surface area contributed by atoms with Gasteiger partial charge in [0.1, 0.15) is 23.6 Å². The fourth-order valence-electron chi connectivity index (χ4n) is 9.21. The fourth-order valence-corrected chi connectivity index (χ4v) is 9.21. The lowest BCUT2D eigenvalue weighted by atomic mass is 9.53. The monoisotopic (exact) mass is 638 g/mol. The van der Waals surface area contributed by atoms with Crippen LogP contribution in [-0.2, 0) is 28.7 Å². The first kappa shape index (κ1) is 30.6. The first-order chi connectivity index (χ1) is 22.8. The molecule has 8 rings (SSSR count). The van der Waals surface area contributed by atoms with Crippen molar-refractivity contribution >= 4 is 5.97 Å². The molecule has 8 heteroatoms. The highest BCUT2D eigenvalue weighted by Gasteiger charge is 2.64. The Morgan fingerprint density at radius 1 is 1.04 bits per heavy atom. The van der Waals surface area contributed by atoms with E-state index in [4.69, 9.17) is 14.2 Å². The highest BCUT2D eigenvalue weighted by molar-refractivity contribution is 5.77.